The molecule has 0 atom stereocenters. The lowest BCUT2D eigenvalue weighted by atomic mass is 10.1. The van der Waals surface area contributed by atoms with Crippen LogP contribution < -0.4 is 4.74 Å². The molecule has 1 aromatic carbocycles. The van der Waals surface area contributed by atoms with Gasteiger partial charge in [-0.15, -0.1) is 0 Å². The van der Waals surface area contributed by atoms with Crippen molar-refractivity contribution in [3.63, 3.8) is 0 Å². The zero-order valence-electron chi connectivity index (χ0n) is 9.17. The number of carbonyl (C=O) groups is 1. The van der Waals surface area contributed by atoms with Gasteiger partial charge in [0.25, 0.3) is 0 Å². The molecule has 0 aliphatic carbocycles. The van der Waals surface area contributed by atoms with Crippen molar-refractivity contribution < 1.29 is 28.5 Å². The van der Waals surface area contributed by atoms with Crippen LogP contribution in [-0.4, -0.2) is 23.3 Å². The molecule has 4 nitrogen and oxygen atoms in total. The number of aromatic hydroxyl groups is 1. The quantitative estimate of drug-likeness (QED) is 0.834. The molecule has 0 saturated heterocycles. The third-order valence-corrected chi connectivity index (χ3v) is 2.29. The van der Waals surface area contributed by atoms with Crippen molar-refractivity contribution in [1.82, 2.24) is 0 Å². The Labute approximate surface area is 96.5 Å². The number of ether oxygens (including phenoxy) is 1. The van der Waals surface area contributed by atoms with E-state index in [1.165, 1.54) is 7.11 Å². The van der Waals surface area contributed by atoms with E-state index in [0.29, 0.717) is 0 Å². The Kier molecular flexibility index (Phi) is 4.25. The highest BCUT2D eigenvalue weighted by molar-refractivity contribution is 5.66. The van der Waals surface area contributed by atoms with Crippen LogP contribution in [0.1, 0.15) is 18.4 Å². The highest BCUT2D eigenvalue weighted by Gasteiger charge is 2.18. The van der Waals surface area contributed by atoms with Crippen molar-refractivity contribution in [1.29, 1.82) is 0 Å². The summed E-state index contributed by atoms with van der Waals surface area (Å²) in [5.74, 6) is -4.00. The third-order valence-electron chi connectivity index (χ3n) is 2.29. The van der Waals surface area contributed by atoms with Gasteiger partial charge in [0.05, 0.1) is 7.11 Å². The molecule has 0 aromatic heterocycles. The molecule has 0 amide bonds. The van der Waals surface area contributed by atoms with Crippen LogP contribution in [0.5, 0.6) is 11.5 Å². The molecular weight excluding hydrogens is 234 g/mol. The lowest BCUT2D eigenvalue weighted by Gasteiger charge is -2.10. The van der Waals surface area contributed by atoms with Gasteiger partial charge >= 0.3 is 5.97 Å². The van der Waals surface area contributed by atoms with Crippen LogP contribution in [-0.2, 0) is 11.2 Å². The molecule has 0 unspecified atom stereocenters. The monoisotopic (exact) mass is 246 g/mol. The first-order valence-electron chi connectivity index (χ1n) is 4.93. The fourth-order valence-corrected chi connectivity index (χ4v) is 1.44. The standard InChI is InChI=1S/C11H12F2O4/c1-17-8-5-7(12)10(13)6(11(8)16)3-2-4-9(14)15/h5,16H,2-4H2,1H3,(H,14,15). The van der Waals surface area contributed by atoms with Gasteiger partial charge in [-0.2, -0.15) is 0 Å². The summed E-state index contributed by atoms with van der Waals surface area (Å²) >= 11 is 0. The van der Waals surface area contributed by atoms with Gasteiger partial charge in [0.2, 0.25) is 0 Å². The number of carboxylic acids is 1. The summed E-state index contributed by atoms with van der Waals surface area (Å²) in [6.45, 7) is 0. The maximum Gasteiger partial charge on any atom is 0.303 e. The Morgan fingerprint density at radius 2 is 2.12 bits per heavy atom. The van der Waals surface area contributed by atoms with Crippen LogP contribution in [0.15, 0.2) is 6.07 Å². The number of methoxy groups -OCH3 is 1. The second kappa shape index (κ2) is 5.47. The number of carboxylic acid groups (broad SMARTS) is 1. The minimum atomic E-state index is -1.17. The van der Waals surface area contributed by atoms with Gasteiger partial charge < -0.3 is 14.9 Å². The van der Waals surface area contributed by atoms with E-state index in [1.54, 1.807) is 0 Å². The number of benzene rings is 1. The Bertz CT molecular complexity index is 432. The second-order valence-corrected chi connectivity index (χ2v) is 3.45. The van der Waals surface area contributed by atoms with E-state index in [9.17, 15) is 18.7 Å². The van der Waals surface area contributed by atoms with Gasteiger partial charge in [0, 0.05) is 18.1 Å². The van der Waals surface area contributed by atoms with Gasteiger partial charge in [-0.3, -0.25) is 4.79 Å². The van der Waals surface area contributed by atoms with Gasteiger partial charge in [-0.25, -0.2) is 8.78 Å². The van der Waals surface area contributed by atoms with Crippen LogP contribution in [0.4, 0.5) is 8.78 Å². The number of phenolic OH excluding ortho intramolecular Hbond substituents is 1. The molecule has 0 aliphatic heterocycles. The largest absolute Gasteiger partial charge is 0.504 e. The van der Waals surface area contributed by atoms with E-state index < -0.39 is 23.4 Å². The van der Waals surface area contributed by atoms with Crippen molar-refractivity contribution in [3.05, 3.63) is 23.3 Å². The first kappa shape index (κ1) is 13.2. The van der Waals surface area contributed by atoms with Gasteiger partial charge in [-0.1, -0.05) is 0 Å². The van der Waals surface area contributed by atoms with Crippen molar-refractivity contribution in [2.45, 2.75) is 19.3 Å². The molecular formula is C11H12F2O4. The molecule has 2 N–H and O–H groups in total. The summed E-state index contributed by atoms with van der Waals surface area (Å²) in [6.07, 6.45) is -0.151. The molecule has 0 fully saturated rings. The van der Waals surface area contributed by atoms with Crippen LogP contribution >= 0.6 is 0 Å². The summed E-state index contributed by atoms with van der Waals surface area (Å²) in [5, 5.41) is 18.0. The third kappa shape index (κ3) is 3.05. The summed E-state index contributed by atoms with van der Waals surface area (Å²) in [5.41, 5.74) is -0.261. The van der Waals surface area contributed by atoms with E-state index in [-0.39, 0.29) is 30.6 Å². The zero-order valence-corrected chi connectivity index (χ0v) is 9.17. The molecule has 17 heavy (non-hydrogen) atoms. The lowest BCUT2D eigenvalue weighted by molar-refractivity contribution is -0.137. The van der Waals surface area contributed by atoms with E-state index in [2.05, 4.69) is 4.74 Å². The van der Waals surface area contributed by atoms with E-state index in [4.69, 9.17) is 5.11 Å². The van der Waals surface area contributed by atoms with Crippen molar-refractivity contribution in [2.75, 3.05) is 7.11 Å². The summed E-state index contributed by atoms with van der Waals surface area (Å²) < 4.78 is 31.2. The van der Waals surface area contributed by atoms with Gasteiger partial charge in [-0.05, 0) is 12.8 Å². The zero-order chi connectivity index (χ0) is 13.0. The summed E-state index contributed by atoms with van der Waals surface area (Å²) in [4.78, 5) is 10.3. The maximum absolute atomic E-state index is 13.4. The fraction of sp³-hybridized carbons (Fsp3) is 0.364. The van der Waals surface area contributed by atoms with Gasteiger partial charge in [0.15, 0.2) is 23.1 Å². The summed E-state index contributed by atoms with van der Waals surface area (Å²) in [6, 6.07) is 0.741. The molecule has 0 bridgehead atoms. The average Bonchev–Trinajstić information content (AvgIpc) is 2.27. The highest BCUT2D eigenvalue weighted by Crippen LogP contribution is 2.34. The van der Waals surface area contributed by atoms with E-state index in [1.807, 2.05) is 0 Å². The predicted octanol–water partition coefficient (Wildman–Crippen LogP) is 2.09. The predicted molar refractivity (Wildman–Crippen MR) is 55.1 cm³/mol. The van der Waals surface area contributed by atoms with Gasteiger partial charge in [0.1, 0.15) is 0 Å². The molecule has 94 valence electrons. The van der Waals surface area contributed by atoms with Crippen molar-refractivity contribution in [3.8, 4) is 11.5 Å². The molecule has 0 aliphatic rings. The van der Waals surface area contributed by atoms with Crippen molar-refractivity contribution >= 4 is 5.97 Å². The first-order valence-corrected chi connectivity index (χ1v) is 4.93. The Morgan fingerprint density at radius 3 is 2.65 bits per heavy atom. The minimum Gasteiger partial charge on any atom is -0.504 e. The number of hydrogen-bond donors (Lipinski definition) is 2. The van der Waals surface area contributed by atoms with Crippen LogP contribution in [0.2, 0.25) is 0 Å². The minimum absolute atomic E-state index is 0.0713. The lowest BCUT2D eigenvalue weighted by Crippen LogP contribution is -2.01. The van der Waals surface area contributed by atoms with E-state index in [0.717, 1.165) is 6.07 Å². The molecule has 1 aromatic rings. The topological polar surface area (TPSA) is 66.8 Å². The maximum atomic E-state index is 13.4. The number of hydrogen-bond acceptors (Lipinski definition) is 3. The Balaban J connectivity index is 2.96. The fourth-order valence-electron chi connectivity index (χ4n) is 1.44. The molecule has 0 saturated carbocycles. The molecule has 0 spiro atoms. The Morgan fingerprint density at radius 1 is 1.47 bits per heavy atom. The average molecular weight is 246 g/mol. The SMILES string of the molecule is COc1cc(F)c(F)c(CCCC(=O)O)c1O. The summed E-state index contributed by atoms with van der Waals surface area (Å²) in [7, 11) is 1.22. The van der Waals surface area contributed by atoms with Crippen LogP contribution in [0, 0.1) is 11.6 Å². The van der Waals surface area contributed by atoms with Crippen LogP contribution in [0.25, 0.3) is 0 Å². The molecule has 6 heteroatoms. The van der Waals surface area contributed by atoms with E-state index >= 15 is 0 Å². The number of phenols is 1. The Hall–Kier alpha value is -1.85. The number of halogens is 2. The second-order valence-electron chi connectivity index (χ2n) is 3.45. The smallest absolute Gasteiger partial charge is 0.303 e. The van der Waals surface area contributed by atoms with Crippen molar-refractivity contribution in [2.24, 2.45) is 0 Å². The van der Waals surface area contributed by atoms with Crippen LogP contribution in [0.3, 0.4) is 0 Å². The highest BCUT2D eigenvalue weighted by atomic mass is 19.2. The normalized spacial score (nSPS) is 10.3. The molecule has 1 rings (SSSR count). The number of aliphatic carboxylic acids is 1. The first-order chi connectivity index (χ1) is 7.97. The number of rotatable bonds is 5. The molecule has 0 heterocycles. The molecule has 0 radical (unpaired) electrons.